The third-order valence-corrected chi connectivity index (χ3v) is 4.50. The van der Waals surface area contributed by atoms with Crippen LogP contribution in [0.4, 0.5) is 0 Å². The van der Waals surface area contributed by atoms with E-state index in [-0.39, 0.29) is 0 Å². The molecule has 3 N–H and O–H groups in total. The number of fused-ring (bicyclic) bond motifs is 1. The summed E-state index contributed by atoms with van der Waals surface area (Å²) in [5.74, 6) is -3.65. The van der Waals surface area contributed by atoms with Crippen molar-refractivity contribution in [2.24, 2.45) is 0 Å². The molecule has 0 fully saturated rings. The number of carbonyl (C=O) groups is 2. The molecule has 0 aliphatic carbocycles. The first-order valence-corrected chi connectivity index (χ1v) is 9.21. The molecule has 0 saturated carbocycles. The second kappa shape index (κ2) is 10.7. The molecule has 0 aliphatic heterocycles. The predicted octanol–water partition coefficient (Wildman–Crippen LogP) is 4.63. The first kappa shape index (κ1) is 21.7. The highest BCUT2D eigenvalue weighted by atomic mass is 35.5. The molecule has 3 aromatic rings. The van der Waals surface area contributed by atoms with E-state index < -0.39 is 11.9 Å². The summed E-state index contributed by atoms with van der Waals surface area (Å²) in [7, 11) is 0. The highest BCUT2D eigenvalue weighted by Gasteiger charge is 2.04. The largest absolute Gasteiger partial charge is 0.473 e. The first-order chi connectivity index (χ1) is 13.4. The molecule has 0 unspecified atom stereocenters. The van der Waals surface area contributed by atoms with Gasteiger partial charge in [-0.05, 0) is 53.1 Å². The molecule has 0 aromatic heterocycles. The highest BCUT2D eigenvalue weighted by molar-refractivity contribution is 6.35. The summed E-state index contributed by atoms with van der Waals surface area (Å²) in [6, 6.07) is 20.7. The Kier molecular flexibility index (Phi) is 8.26. The quantitative estimate of drug-likeness (QED) is 0.414. The summed E-state index contributed by atoms with van der Waals surface area (Å²) in [4.78, 5) is 18.2. The Labute approximate surface area is 172 Å². The summed E-state index contributed by atoms with van der Waals surface area (Å²) in [5, 5.41) is 22.2. The highest BCUT2D eigenvalue weighted by Crippen LogP contribution is 2.21. The number of carboxylic acids is 2. The molecule has 0 bridgehead atoms. The van der Waals surface area contributed by atoms with E-state index in [4.69, 9.17) is 43.0 Å². The Bertz CT molecular complexity index is 964. The standard InChI is InChI=1S/C19H17Cl2N.C2H2O4/c20-18-8-7-16(19(21)12-18)9-10-22-13-14-5-6-15-3-1-2-4-17(15)11-14;3-1(4)2(5)6/h1-8,11-12,22H,9-10,13H2;(H,3,4)(H,5,6). The van der Waals surface area contributed by atoms with Gasteiger partial charge in [0, 0.05) is 16.6 Å². The Morgan fingerprint density at radius 2 is 1.54 bits per heavy atom. The average Bonchev–Trinajstić information content (AvgIpc) is 2.67. The Morgan fingerprint density at radius 3 is 2.18 bits per heavy atom. The van der Waals surface area contributed by atoms with E-state index in [2.05, 4.69) is 47.8 Å². The molecular formula is C21H19Cl2NO4. The number of benzene rings is 3. The van der Waals surface area contributed by atoms with Crippen LogP contribution in [0.1, 0.15) is 11.1 Å². The van der Waals surface area contributed by atoms with Crippen molar-refractivity contribution in [3.63, 3.8) is 0 Å². The van der Waals surface area contributed by atoms with Crippen LogP contribution in [0.5, 0.6) is 0 Å². The molecule has 0 spiro atoms. The van der Waals surface area contributed by atoms with Gasteiger partial charge in [-0.2, -0.15) is 0 Å². The lowest BCUT2D eigenvalue weighted by Crippen LogP contribution is -2.16. The van der Waals surface area contributed by atoms with Gasteiger partial charge in [0.15, 0.2) is 0 Å². The van der Waals surface area contributed by atoms with E-state index in [1.165, 1.54) is 16.3 Å². The molecule has 0 aliphatic rings. The number of halogens is 2. The summed E-state index contributed by atoms with van der Waals surface area (Å²) >= 11 is 12.1. The van der Waals surface area contributed by atoms with Gasteiger partial charge in [0.2, 0.25) is 0 Å². The predicted molar refractivity (Wildman–Crippen MR) is 111 cm³/mol. The van der Waals surface area contributed by atoms with E-state index in [9.17, 15) is 0 Å². The average molecular weight is 420 g/mol. The lowest BCUT2D eigenvalue weighted by atomic mass is 10.1. The third-order valence-electron chi connectivity index (χ3n) is 3.91. The minimum atomic E-state index is -1.82. The first-order valence-electron chi connectivity index (χ1n) is 8.45. The molecule has 7 heteroatoms. The van der Waals surface area contributed by atoms with Gasteiger partial charge in [-0.15, -0.1) is 0 Å². The zero-order valence-electron chi connectivity index (χ0n) is 14.9. The fourth-order valence-corrected chi connectivity index (χ4v) is 3.03. The smallest absolute Gasteiger partial charge is 0.414 e. The summed E-state index contributed by atoms with van der Waals surface area (Å²) in [6.45, 7) is 1.74. The maximum atomic E-state index is 9.10. The van der Waals surface area contributed by atoms with Crippen molar-refractivity contribution in [3.8, 4) is 0 Å². The summed E-state index contributed by atoms with van der Waals surface area (Å²) in [6.07, 6.45) is 0.892. The zero-order valence-corrected chi connectivity index (χ0v) is 16.4. The number of nitrogens with one attached hydrogen (secondary N) is 1. The molecule has 0 atom stereocenters. The molecule has 28 heavy (non-hydrogen) atoms. The van der Waals surface area contributed by atoms with Crippen molar-refractivity contribution in [1.29, 1.82) is 0 Å². The topological polar surface area (TPSA) is 86.6 Å². The van der Waals surface area contributed by atoms with Gasteiger partial charge in [0.05, 0.1) is 0 Å². The molecule has 0 heterocycles. The third kappa shape index (κ3) is 6.85. The van der Waals surface area contributed by atoms with Gasteiger partial charge in [-0.25, -0.2) is 9.59 Å². The fourth-order valence-electron chi connectivity index (χ4n) is 2.53. The molecule has 5 nitrogen and oxygen atoms in total. The number of carboxylic acid groups (broad SMARTS) is 2. The van der Waals surface area contributed by atoms with Gasteiger partial charge >= 0.3 is 11.9 Å². The molecule has 0 radical (unpaired) electrons. The van der Waals surface area contributed by atoms with Crippen molar-refractivity contribution in [2.45, 2.75) is 13.0 Å². The Morgan fingerprint density at radius 1 is 0.857 bits per heavy atom. The molecule has 3 aromatic carbocycles. The van der Waals surface area contributed by atoms with E-state index in [0.29, 0.717) is 5.02 Å². The van der Waals surface area contributed by atoms with Crippen molar-refractivity contribution in [1.82, 2.24) is 5.32 Å². The summed E-state index contributed by atoms with van der Waals surface area (Å²) in [5.41, 5.74) is 2.41. The van der Waals surface area contributed by atoms with Gasteiger partial charge in [0.25, 0.3) is 0 Å². The second-order valence-electron chi connectivity index (χ2n) is 5.95. The van der Waals surface area contributed by atoms with Gasteiger partial charge in [-0.1, -0.05) is 65.7 Å². The Hall–Kier alpha value is -2.60. The van der Waals surface area contributed by atoms with Crippen LogP contribution >= 0.6 is 23.2 Å². The van der Waals surface area contributed by atoms with Crippen LogP contribution in [-0.2, 0) is 22.6 Å². The maximum Gasteiger partial charge on any atom is 0.414 e. The lowest BCUT2D eigenvalue weighted by Gasteiger charge is -2.08. The number of hydrogen-bond donors (Lipinski definition) is 3. The van der Waals surface area contributed by atoms with E-state index in [0.717, 1.165) is 30.1 Å². The maximum absolute atomic E-state index is 9.10. The van der Waals surface area contributed by atoms with Crippen LogP contribution in [0.25, 0.3) is 10.8 Å². The van der Waals surface area contributed by atoms with Crippen molar-refractivity contribution in [3.05, 3.63) is 81.8 Å². The number of hydrogen-bond acceptors (Lipinski definition) is 3. The van der Waals surface area contributed by atoms with Crippen molar-refractivity contribution in [2.75, 3.05) is 6.54 Å². The fraction of sp³-hybridized carbons (Fsp3) is 0.143. The van der Waals surface area contributed by atoms with Crippen LogP contribution < -0.4 is 5.32 Å². The molecule has 0 amide bonds. The van der Waals surface area contributed by atoms with Crippen LogP contribution in [0.15, 0.2) is 60.7 Å². The van der Waals surface area contributed by atoms with Crippen LogP contribution in [-0.4, -0.2) is 28.7 Å². The number of aliphatic carboxylic acids is 2. The molecule has 146 valence electrons. The van der Waals surface area contributed by atoms with E-state index in [1.807, 2.05) is 12.1 Å². The Balaban J connectivity index is 0.000000409. The minimum absolute atomic E-state index is 0.679. The van der Waals surface area contributed by atoms with Crippen LogP contribution in [0.3, 0.4) is 0 Å². The summed E-state index contributed by atoms with van der Waals surface area (Å²) < 4.78 is 0. The van der Waals surface area contributed by atoms with Gasteiger partial charge < -0.3 is 15.5 Å². The van der Waals surface area contributed by atoms with Gasteiger partial charge in [-0.3, -0.25) is 0 Å². The van der Waals surface area contributed by atoms with Crippen molar-refractivity contribution >= 4 is 45.9 Å². The van der Waals surface area contributed by atoms with E-state index in [1.54, 1.807) is 6.07 Å². The normalized spacial score (nSPS) is 10.2. The molecule has 0 saturated heterocycles. The minimum Gasteiger partial charge on any atom is -0.473 e. The monoisotopic (exact) mass is 419 g/mol. The van der Waals surface area contributed by atoms with Crippen LogP contribution in [0.2, 0.25) is 10.0 Å². The van der Waals surface area contributed by atoms with Gasteiger partial charge in [0.1, 0.15) is 0 Å². The zero-order chi connectivity index (χ0) is 20.5. The van der Waals surface area contributed by atoms with Crippen LogP contribution in [0, 0.1) is 0 Å². The molecule has 3 rings (SSSR count). The lowest BCUT2D eigenvalue weighted by molar-refractivity contribution is -0.159. The molecular weight excluding hydrogens is 401 g/mol. The number of rotatable bonds is 5. The SMILES string of the molecule is Clc1ccc(CCNCc2ccc3ccccc3c2)c(Cl)c1.O=C(O)C(=O)O. The van der Waals surface area contributed by atoms with Crippen molar-refractivity contribution < 1.29 is 19.8 Å². The second-order valence-corrected chi connectivity index (χ2v) is 6.80. The van der Waals surface area contributed by atoms with E-state index >= 15 is 0 Å².